The van der Waals surface area contributed by atoms with Crippen molar-refractivity contribution >= 4 is 15.9 Å². The summed E-state index contributed by atoms with van der Waals surface area (Å²) in [6, 6.07) is 9.21. The molecule has 1 N–H and O–H groups in total. The van der Waals surface area contributed by atoms with E-state index in [1.54, 1.807) is 14.2 Å². The molecule has 2 aromatic rings. The zero-order valence-electron chi connectivity index (χ0n) is 19.4. The smallest absolute Gasteiger partial charge is 0.243 e. The van der Waals surface area contributed by atoms with Crippen molar-refractivity contribution < 1.29 is 22.7 Å². The maximum absolute atomic E-state index is 13.4. The van der Waals surface area contributed by atoms with Gasteiger partial charge in [0, 0.05) is 13.1 Å². The van der Waals surface area contributed by atoms with E-state index in [1.807, 2.05) is 51.1 Å². The molecule has 0 bridgehead atoms. The second-order valence-corrected chi connectivity index (χ2v) is 10.2. The van der Waals surface area contributed by atoms with Crippen molar-refractivity contribution in [2.24, 2.45) is 5.92 Å². The Hall–Kier alpha value is -2.58. The number of piperidine rings is 1. The number of ether oxygens (including phenoxy) is 2. The molecule has 0 aromatic heterocycles. The molecule has 1 atom stereocenters. The van der Waals surface area contributed by atoms with Crippen LogP contribution in [-0.2, 0) is 21.4 Å². The maximum atomic E-state index is 13.4. The van der Waals surface area contributed by atoms with Crippen molar-refractivity contribution in [3.8, 4) is 11.5 Å². The summed E-state index contributed by atoms with van der Waals surface area (Å²) in [6.45, 7) is 6.42. The van der Waals surface area contributed by atoms with E-state index >= 15 is 0 Å². The molecule has 0 aliphatic carbocycles. The Morgan fingerprint density at radius 3 is 2.25 bits per heavy atom. The Kier molecular flexibility index (Phi) is 7.46. The van der Waals surface area contributed by atoms with Gasteiger partial charge in [-0.05, 0) is 56.9 Å². The van der Waals surface area contributed by atoms with Crippen molar-refractivity contribution in [3.05, 3.63) is 52.6 Å². The van der Waals surface area contributed by atoms with Gasteiger partial charge in [0.05, 0.1) is 37.1 Å². The molecule has 1 fully saturated rings. The first-order valence-corrected chi connectivity index (χ1v) is 12.2. The van der Waals surface area contributed by atoms with Crippen molar-refractivity contribution in [2.75, 3.05) is 27.3 Å². The van der Waals surface area contributed by atoms with Crippen LogP contribution in [0, 0.1) is 26.7 Å². The summed E-state index contributed by atoms with van der Waals surface area (Å²) in [5.41, 5.74) is 3.24. The van der Waals surface area contributed by atoms with Crippen LogP contribution in [0.1, 0.15) is 35.1 Å². The van der Waals surface area contributed by atoms with Gasteiger partial charge in [-0.15, -0.1) is 0 Å². The monoisotopic (exact) mass is 460 g/mol. The van der Waals surface area contributed by atoms with Crippen LogP contribution in [0.3, 0.4) is 0 Å². The first-order chi connectivity index (χ1) is 15.2. The fourth-order valence-corrected chi connectivity index (χ4v) is 6.44. The lowest BCUT2D eigenvalue weighted by Crippen LogP contribution is -2.45. The minimum Gasteiger partial charge on any atom is -0.496 e. The predicted octanol–water partition coefficient (Wildman–Crippen LogP) is 3.35. The van der Waals surface area contributed by atoms with Gasteiger partial charge in [0.15, 0.2) is 0 Å². The molecule has 0 saturated carbocycles. The quantitative estimate of drug-likeness (QED) is 0.685. The van der Waals surface area contributed by atoms with E-state index < -0.39 is 15.9 Å². The second-order valence-electron chi connectivity index (χ2n) is 8.29. The summed E-state index contributed by atoms with van der Waals surface area (Å²) < 4.78 is 39.1. The zero-order chi connectivity index (χ0) is 23.5. The van der Waals surface area contributed by atoms with Gasteiger partial charge < -0.3 is 14.8 Å². The van der Waals surface area contributed by atoms with E-state index in [1.165, 1.54) is 4.31 Å². The lowest BCUT2D eigenvalue weighted by Gasteiger charge is -2.32. The highest BCUT2D eigenvalue weighted by Gasteiger charge is 2.35. The molecule has 1 amide bonds. The molecule has 0 spiro atoms. The molecule has 1 heterocycles. The summed E-state index contributed by atoms with van der Waals surface area (Å²) in [6.07, 6.45) is 1.28. The molecule has 32 heavy (non-hydrogen) atoms. The van der Waals surface area contributed by atoms with Crippen molar-refractivity contribution in [3.63, 3.8) is 0 Å². The molecule has 8 heteroatoms. The number of hydrogen-bond donors (Lipinski definition) is 1. The van der Waals surface area contributed by atoms with E-state index in [-0.39, 0.29) is 19.0 Å². The summed E-state index contributed by atoms with van der Waals surface area (Å²) in [5, 5.41) is 2.94. The van der Waals surface area contributed by atoms with Gasteiger partial charge in [-0.3, -0.25) is 4.79 Å². The van der Waals surface area contributed by atoms with Crippen molar-refractivity contribution in [2.45, 2.75) is 45.1 Å². The number of amides is 1. The number of nitrogens with one attached hydrogen (secondary N) is 1. The molecule has 1 aliphatic heterocycles. The van der Waals surface area contributed by atoms with E-state index in [9.17, 15) is 13.2 Å². The van der Waals surface area contributed by atoms with Gasteiger partial charge in [-0.2, -0.15) is 4.31 Å². The molecule has 174 valence electrons. The summed E-state index contributed by atoms with van der Waals surface area (Å²) in [5.74, 6) is 0.672. The van der Waals surface area contributed by atoms with Gasteiger partial charge in [0.2, 0.25) is 15.9 Å². The Morgan fingerprint density at radius 1 is 1.09 bits per heavy atom. The molecule has 1 aliphatic rings. The van der Waals surface area contributed by atoms with Crippen molar-refractivity contribution in [1.82, 2.24) is 9.62 Å². The minimum absolute atomic E-state index is 0.171. The highest BCUT2D eigenvalue weighted by molar-refractivity contribution is 7.89. The van der Waals surface area contributed by atoms with Gasteiger partial charge in [0.25, 0.3) is 0 Å². The van der Waals surface area contributed by atoms with Gasteiger partial charge in [-0.1, -0.05) is 23.8 Å². The number of benzene rings is 2. The van der Waals surface area contributed by atoms with Crippen LogP contribution in [0.5, 0.6) is 11.5 Å². The third kappa shape index (κ3) is 4.91. The van der Waals surface area contributed by atoms with E-state index in [0.717, 1.165) is 22.3 Å². The first kappa shape index (κ1) is 24.1. The average Bonchev–Trinajstić information content (AvgIpc) is 2.76. The molecular formula is C24H32N2O5S. The Bertz CT molecular complexity index is 1050. The molecular weight excluding hydrogens is 428 g/mol. The van der Waals surface area contributed by atoms with Crippen LogP contribution >= 0.6 is 0 Å². The lowest BCUT2D eigenvalue weighted by molar-refractivity contribution is -0.126. The predicted molar refractivity (Wildman–Crippen MR) is 124 cm³/mol. The SMILES string of the molecule is COc1cccc(OC)c1CNC(=O)[C@@H]1CCCN(S(=O)(=O)c2c(C)cc(C)cc2C)C1. The van der Waals surface area contributed by atoms with Gasteiger partial charge in [0.1, 0.15) is 11.5 Å². The average molecular weight is 461 g/mol. The number of hydrogen-bond acceptors (Lipinski definition) is 5. The Balaban J connectivity index is 1.75. The van der Waals surface area contributed by atoms with E-state index in [4.69, 9.17) is 9.47 Å². The first-order valence-electron chi connectivity index (χ1n) is 10.7. The minimum atomic E-state index is -3.68. The number of rotatable bonds is 7. The number of aryl methyl sites for hydroxylation is 3. The largest absolute Gasteiger partial charge is 0.496 e. The number of nitrogens with zero attached hydrogens (tertiary/aromatic N) is 1. The molecule has 1 saturated heterocycles. The standard InChI is InChI=1S/C24H32N2O5S/c1-16-12-17(2)23(18(3)13-16)32(28,29)26-11-7-8-19(15-26)24(27)25-14-20-21(30-4)9-6-10-22(20)31-5/h6,9-10,12-13,19H,7-8,11,14-15H2,1-5H3,(H,25,27)/t19-/m1/s1. The summed E-state index contributed by atoms with van der Waals surface area (Å²) in [4.78, 5) is 13.3. The topological polar surface area (TPSA) is 84.9 Å². The Labute approximate surface area is 190 Å². The highest BCUT2D eigenvalue weighted by atomic mass is 32.2. The molecule has 0 radical (unpaired) electrons. The maximum Gasteiger partial charge on any atom is 0.243 e. The normalized spacial score (nSPS) is 17.1. The second kappa shape index (κ2) is 9.92. The summed E-state index contributed by atoms with van der Waals surface area (Å²) >= 11 is 0. The van der Waals surface area contributed by atoms with E-state index in [2.05, 4.69) is 5.32 Å². The number of sulfonamides is 1. The van der Waals surface area contributed by atoms with Crippen LogP contribution in [0.4, 0.5) is 0 Å². The Morgan fingerprint density at radius 2 is 1.69 bits per heavy atom. The van der Waals surface area contributed by atoms with E-state index in [0.29, 0.717) is 35.8 Å². The number of methoxy groups -OCH3 is 2. The van der Waals surface area contributed by atoms with Crippen LogP contribution in [-0.4, -0.2) is 45.9 Å². The third-order valence-corrected chi connectivity index (χ3v) is 8.10. The molecule has 3 rings (SSSR count). The number of carbonyl (C=O) groups excluding carboxylic acids is 1. The van der Waals surface area contributed by atoms with Crippen molar-refractivity contribution in [1.29, 1.82) is 0 Å². The summed E-state index contributed by atoms with van der Waals surface area (Å²) in [7, 11) is -0.545. The van der Waals surface area contributed by atoms with Crippen LogP contribution < -0.4 is 14.8 Å². The van der Waals surface area contributed by atoms with Crippen LogP contribution in [0.25, 0.3) is 0 Å². The zero-order valence-corrected chi connectivity index (χ0v) is 20.2. The van der Waals surface area contributed by atoms with Gasteiger partial charge >= 0.3 is 0 Å². The van der Waals surface area contributed by atoms with Crippen LogP contribution in [0.2, 0.25) is 0 Å². The highest BCUT2D eigenvalue weighted by Crippen LogP contribution is 2.30. The number of carbonyl (C=O) groups is 1. The van der Waals surface area contributed by atoms with Crippen LogP contribution in [0.15, 0.2) is 35.2 Å². The fraction of sp³-hybridized carbons (Fsp3) is 0.458. The third-order valence-electron chi connectivity index (χ3n) is 5.93. The fourth-order valence-electron chi connectivity index (χ4n) is 4.50. The molecule has 7 nitrogen and oxygen atoms in total. The molecule has 0 unspecified atom stereocenters. The molecule has 2 aromatic carbocycles. The lowest BCUT2D eigenvalue weighted by atomic mass is 9.98. The van der Waals surface area contributed by atoms with Gasteiger partial charge in [-0.25, -0.2) is 8.42 Å².